The summed E-state index contributed by atoms with van der Waals surface area (Å²) in [6.45, 7) is 7.57. The summed E-state index contributed by atoms with van der Waals surface area (Å²) in [5.41, 5.74) is 4.94. The summed E-state index contributed by atoms with van der Waals surface area (Å²) in [5.74, 6) is -0.399. The van der Waals surface area contributed by atoms with Crippen LogP contribution in [-0.2, 0) is 50.0 Å². The molecule has 16 nitrogen and oxygen atoms in total. The molecule has 0 bridgehead atoms. The van der Waals surface area contributed by atoms with Crippen LogP contribution in [0.2, 0.25) is 0 Å². The maximum absolute atomic E-state index is 13.5. The van der Waals surface area contributed by atoms with E-state index >= 15 is 0 Å². The number of aromatic nitrogens is 2. The molecule has 0 radical (unpaired) electrons. The molecule has 0 spiro atoms. The number of hydrogen-bond donors (Lipinski definition) is 4. The Morgan fingerprint density at radius 2 is 1.67 bits per heavy atom. The van der Waals surface area contributed by atoms with Gasteiger partial charge in [0.2, 0.25) is 11.8 Å². The van der Waals surface area contributed by atoms with Crippen LogP contribution in [0.3, 0.4) is 0 Å². The molecule has 2 aromatic heterocycles. The van der Waals surface area contributed by atoms with Crippen molar-refractivity contribution < 1.29 is 43.3 Å². The summed E-state index contributed by atoms with van der Waals surface area (Å²) in [6.07, 6.45) is -1.62. The van der Waals surface area contributed by atoms with Crippen molar-refractivity contribution in [3.05, 3.63) is 86.7 Å². The fourth-order valence-electron chi connectivity index (χ4n) is 6.43. The number of nitrogens with zero attached hydrogens (tertiary/aromatic N) is 4. The molecule has 0 fully saturated rings. The van der Waals surface area contributed by atoms with E-state index in [1.807, 2.05) is 20.8 Å². The number of amides is 4. The van der Waals surface area contributed by atoms with Crippen molar-refractivity contribution in [2.24, 2.45) is 5.92 Å². The summed E-state index contributed by atoms with van der Waals surface area (Å²) in [4.78, 5) is 82.0. The lowest BCUT2D eigenvalue weighted by molar-refractivity contribution is -0.130. The number of ether oxygens (including phenoxy) is 3. The predicted octanol–water partition coefficient (Wildman–Crippen LogP) is 4.42. The number of aliphatic hydroxyl groups excluding tert-OH is 1. The molecule has 3 N–H and O–H groups in total. The van der Waals surface area contributed by atoms with Gasteiger partial charge in [0.1, 0.15) is 19.0 Å². The van der Waals surface area contributed by atoms with Crippen molar-refractivity contribution >= 4 is 59.7 Å². The summed E-state index contributed by atoms with van der Waals surface area (Å²) in [7, 11) is 3.10. The van der Waals surface area contributed by atoms with Crippen molar-refractivity contribution in [3.8, 4) is 17.1 Å². The third kappa shape index (κ3) is 9.95. The lowest BCUT2D eigenvalue weighted by Crippen LogP contribution is -2.39. The highest BCUT2D eigenvalue weighted by atomic mass is 32.1. The van der Waals surface area contributed by atoms with Gasteiger partial charge in [-0.2, -0.15) is 12.6 Å². The molecule has 308 valence electrons. The number of carbonyl (C=O) groups excluding carboxylic acids is 5. The van der Waals surface area contributed by atoms with Gasteiger partial charge in [-0.3, -0.25) is 19.2 Å². The van der Waals surface area contributed by atoms with Crippen molar-refractivity contribution in [2.45, 2.75) is 65.2 Å². The summed E-state index contributed by atoms with van der Waals surface area (Å²) in [5, 5.41) is 15.9. The number of pyridine rings is 2. The molecule has 2 aromatic carbocycles. The summed E-state index contributed by atoms with van der Waals surface area (Å²) < 4.78 is 17.6. The number of nitrogens with one attached hydrogen (secondary N) is 2. The highest BCUT2D eigenvalue weighted by molar-refractivity contribution is 7.81. The zero-order valence-electron chi connectivity index (χ0n) is 33.2. The largest absolute Gasteiger partial charge is 0.463 e. The molecule has 4 aromatic rings. The Morgan fingerprint density at radius 3 is 2.31 bits per heavy atom. The average Bonchev–Trinajstić information content (AvgIpc) is 3.57. The molecule has 1 aliphatic rings. The normalized spacial score (nSPS) is 12.6. The van der Waals surface area contributed by atoms with E-state index in [9.17, 15) is 33.9 Å². The van der Waals surface area contributed by atoms with Crippen LogP contribution in [0.25, 0.3) is 22.3 Å². The zero-order valence-corrected chi connectivity index (χ0v) is 34.1. The Kier molecular flexibility index (Phi) is 14.1. The number of aryl methyl sites for hydroxylation is 1. The minimum Gasteiger partial charge on any atom is -0.463 e. The van der Waals surface area contributed by atoms with Gasteiger partial charge in [0.25, 0.3) is 12.0 Å². The van der Waals surface area contributed by atoms with Crippen LogP contribution in [0.1, 0.15) is 61.6 Å². The number of benzene rings is 2. The topological polar surface area (TPSA) is 199 Å². The molecule has 3 heterocycles. The molecule has 0 saturated carbocycles. The smallest absolute Gasteiger partial charge is 0.415 e. The summed E-state index contributed by atoms with van der Waals surface area (Å²) in [6, 6.07) is 13.5. The lowest BCUT2D eigenvalue weighted by Gasteiger charge is -2.22. The van der Waals surface area contributed by atoms with E-state index in [1.165, 1.54) is 9.80 Å². The standard InChI is InChI=1S/C41H48N6O10S/c1-7-28-30-16-27(12-13-33(30)44-36-31(28)19-47-34(36)17-29(24(4)49)32(39(47)52)21-55-22-48)57-41(54)46(6)15-14-45(5)40(53)56-20-25-8-10-26(11-9-25)43-35(50)18-42-38(51)37(58)23(2)3/h8-13,16-17,22-24,37,49,58H,7,14-15,18-21H2,1-6H3,(H,42,51)(H,43,50). The van der Waals surface area contributed by atoms with Crippen molar-refractivity contribution in [1.29, 1.82) is 0 Å². The second-order valence-corrected chi connectivity index (χ2v) is 14.9. The maximum Gasteiger partial charge on any atom is 0.415 e. The first kappa shape index (κ1) is 43.2. The lowest BCUT2D eigenvalue weighted by atomic mass is 9.98. The maximum atomic E-state index is 13.5. The Balaban J connectivity index is 1.14. The van der Waals surface area contributed by atoms with E-state index in [1.54, 1.807) is 74.1 Å². The highest BCUT2D eigenvalue weighted by Gasteiger charge is 2.29. The second kappa shape index (κ2) is 19.0. The average molecular weight is 817 g/mol. The number of likely N-dealkylation sites (N-methyl/N-ethyl adjacent to an activating group) is 2. The number of rotatable bonds is 16. The van der Waals surface area contributed by atoms with Gasteiger partial charge in [0.05, 0.1) is 46.9 Å². The molecule has 0 saturated heterocycles. The molecule has 5 rings (SSSR count). The third-order valence-electron chi connectivity index (χ3n) is 9.79. The third-order valence-corrected chi connectivity index (χ3v) is 10.6. The van der Waals surface area contributed by atoms with Crippen LogP contribution in [0.4, 0.5) is 15.3 Å². The Morgan fingerprint density at radius 1 is 0.983 bits per heavy atom. The van der Waals surface area contributed by atoms with Gasteiger partial charge in [-0.15, -0.1) is 0 Å². The van der Waals surface area contributed by atoms with Gasteiger partial charge in [-0.1, -0.05) is 32.9 Å². The van der Waals surface area contributed by atoms with Gasteiger partial charge in [0.15, 0.2) is 0 Å². The van der Waals surface area contributed by atoms with Gasteiger partial charge in [-0.25, -0.2) is 14.6 Å². The molecule has 2 atom stereocenters. The van der Waals surface area contributed by atoms with Gasteiger partial charge in [0, 0.05) is 43.8 Å². The molecule has 1 aliphatic heterocycles. The molecule has 2 unspecified atom stereocenters. The molecule has 0 aliphatic carbocycles. The minimum atomic E-state index is -0.978. The predicted molar refractivity (Wildman–Crippen MR) is 219 cm³/mol. The zero-order chi connectivity index (χ0) is 42.3. The van der Waals surface area contributed by atoms with Gasteiger partial charge in [-0.05, 0) is 72.4 Å². The number of thiol groups is 1. The van der Waals surface area contributed by atoms with Crippen molar-refractivity contribution in [1.82, 2.24) is 24.7 Å². The fraction of sp³-hybridized carbons (Fsp3) is 0.390. The van der Waals surface area contributed by atoms with Crippen molar-refractivity contribution in [3.63, 3.8) is 0 Å². The number of carbonyl (C=O) groups is 5. The Hall–Kier alpha value is -5.94. The second-order valence-electron chi connectivity index (χ2n) is 14.3. The van der Waals surface area contributed by atoms with E-state index in [0.717, 1.165) is 16.5 Å². The van der Waals surface area contributed by atoms with Crippen LogP contribution in [0, 0.1) is 5.92 Å². The van der Waals surface area contributed by atoms with E-state index in [-0.39, 0.29) is 74.6 Å². The van der Waals surface area contributed by atoms with Crippen LogP contribution in [0.5, 0.6) is 5.75 Å². The Labute approximate surface area is 340 Å². The number of fused-ring (bicyclic) bond motifs is 4. The monoisotopic (exact) mass is 816 g/mol. The van der Waals surface area contributed by atoms with Crippen LogP contribution in [-0.4, -0.2) is 93.9 Å². The van der Waals surface area contributed by atoms with Crippen LogP contribution >= 0.6 is 12.6 Å². The quantitative estimate of drug-likeness (QED) is 0.0813. The first-order valence-corrected chi connectivity index (χ1v) is 19.3. The van der Waals surface area contributed by atoms with Gasteiger partial charge < -0.3 is 44.3 Å². The SMILES string of the molecule is CCc1c2c(nc3ccc(OC(=O)N(C)CCN(C)C(=O)OCc4ccc(NC(=O)CNC(=O)C(S)C(C)C)cc4)cc13)-c1cc(C(C)O)c(COC=O)c(=O)n1C2. The van der Waals surface area contributed by atoms with E-state index in [4.69, 9.17) is 19.2 Å². The summed E-state index contributed by atoms with van der Waals surface area (Å²) >= 11 is 4.24. The number of hydrogen-bond acceptors (Lipinski definition) is 12. The van der Waals surface area contributed by atoms with E-state index in [2.05, 4.69) is 23.3 Å². The first-order chi connectivity index (χ1) is 27.6. The van der Waals surface area contributed by atoms with Crippen molar-refractivity contribution in [2.75, 3.05) is 39.0 Å². The molecular formula is C41H48N6O10S. The van der Waals surface area contributed by atoms with Gasteiger partial charge >= 0.3 is 12.2 Å². The Bertz CT molecular complexity index is 2260. The van der Waals surface area contributed by atoms with Crippen LogP contribution < -0.4 is 20.9 Å². The highest BCUT2D eigenvalue weighted by Crippen LogP contribution is 2.38. The molecule has 4 amide bonds. The molecule has 58 heavy (non-hydrogen) atoms. The first-order valence-electron chi connectivity index (χ1n) is 18.7. The fourth-order valence-corrected chi connectivity index (χ4v) is 6.52. The van der Waals surface area contributed by atoms with E-state index < -0.39 is 29.4 Å². The molecular weight excluding hydrogens is 769 g/mol. The number of anilines is 1. The number of aliphatic hydroxyl groups is 1. The minimum absolute atomic E-state index is 0.0211. The molecule has 17 heteroatoms. The van der Waals surface area contributed by atoms with Crippen LogP contribution in [0.15, 0.2) is 53.3 Å². The van der Waals surface area contributed by atoms with E-state index in [0.29, 0.717) is 40.1 Å².